The van der Waals surface area contributed by atoms with Crippen molar-refractivity contribution in [3.63, 3.8) is 0 Å². The van der Waals surface area contributed by atoms with Crippen LogP contribution in [0.4, 0.5) is 0 Å². The van der Waals surface area contributed by atoms with Crippen LogP contribution in [0.15, 0.2) is 48.7 Å². The molecule has 21 heavy (non-hydrogen) atoms. The van der Waals surface area contributed by atoms with E-state index in [1.165, 1.54) is 5.56 Å². The van der Waals surface area contributed by atoms with Gasteiger partial charge in [0, 0.05) is 30.9 Å². The van der Waals surface area contributed by atoms with E-state index >= 15 is 0 Å². The summed E-state index contributed by atoms with van der Waals surface area (Å²) in [6.45, 7) is 4.19. The second kappa shape index (κ2) is 7.03. The van der Waals surface area contributed by atoms with E-state index in [0.29, 0.717) is 0 Å². The van der Waals surface area contributed by atoms with Crippen LogP contribution >= 0.6 is 11.6 Å². The Bertz CT molecular complexity index is 565. The van der Waals surface area contributed by atoms with E-state index in [1.807, 2.05) is 24.4 Å². The number of benzene rings is 1. The zero-order chi connectivity index (χ0) is 14.5. The lowest BCUT2D eigenvalue weighted by atomic mass is 10.0. The predicted molar refractivity (Wildman–Crippen MR) is 86.6 cm³/mol. The van der Waals surface area contributed by atoms with E-state index in [-0.39, 0.29) is 6.04 Å². The Labute approximate surface area is 131 Å². The third-order valence-electron chi connectivity index (χ3n) is 3.87. The van der Waals surface area contributed by atoms with E-state index in [2.05, 4.69) is 39.5 Å². The number of nitrogens with zero attached hydrogens (tertiary/aromatic N) is 2. The third-order valence-corrected chi connectivity index (χ3v) is 4.11. The van der Waals surface area contributed by atoms with Crippen LogP contribution in [0.5, 0.6) is 0 Å². The van der Waals surface area contributed by atoms with Gasteiger partial charge in [-0.05, 0) is 42.8 Å². The molecular formula is C17H20ClN3. The monoisotopic (exact) mass is 301 g/mol. The van der Waals surface area contributed by atoms with Crippen molar-refractivity contribution in [1.82, 2.24) is 15.2 Å². The van der Waals surface area contributed by atoms with Gasteiger partial charge < -0.3 is 5.32 Å². The van der Waals surface area contributed by atoms with Gasteiger partial charge in [-0.15, -0.1) is 0 Å². The Morgan fingerprint density at radius 2 is 2.05 bits per heavy atom. The molecule has 1 fully saturated rings. The first-order valence-corrected chi connectivity index (χ1v) is 7.83. The lowest BCUT2D eigenvalue weighted by molar-refractivity contribution is 0.237. The van der Waals surface area contributed by atoms with Gasteiger partial charge in [0.25, 0.3) is 0 Å². The minimum absolute atomic E-state index is 0.171. The zero-order valence-corrected chi connectivity index (χ0v) is 12.8. The number of halogens is 1. The summed E-state index contributed by atoms with van der Waals surface area (Å²) in [6.07, 6.45) is 3.02. The van der Waals surface area contributed by atoms with E-state index in [0.717, 1.165) is 43.3 Å². The van der Waals surface area contributed by atoms with Crippen molar-refractivity contribution in [1.29, 1.82) is 0 Å². The maximum Gasteiger partial charge on any atom is 0.0777 e. The third kappa shape index (κ3) is 3.62. The first-order chi connectivity index (χ1) is 10.3. The first kappa shape index (κ1) is 14.5. The van der Waals surface area contributed by atoms with Crippen molar-refractivity contribution in [2.75, 3.05) is 26.2 Å². The molecule has 110 valence electrons. The van der Waals surface area contributed by atoms with Crippen LogP contribution in [-0.2, 0) is 0 Å². The van der Waals surface area contributed by atoms with Gasteiger partial charge >= 0.3 is 0 Å². The number of hydrogen-bond acceptors (Lipinski definition) is 3. The van der Waals surface area contributed by atoms with Gasteiger partial charge in [0.15, 0.2) is 0 Å². The highest BCUT2D eigenvalue weighted by Gasteiger charge is 2.24. The van der Waals surface area contributed by atoms with Gasteiger partial charge in [-0.3, -0.25) is 9.88 Å². The average Bonchev–Trinajstić information content (AvgIpc) is 2.78. The summed E-state index contributed by atoms with van der Waals surface area (Å²) in [5, 5.41) is 4.24. The normalized spacial score (nSPS) is 18.1. The molecule has 1 aliphatic rings. The molecule has 1 unspecified atom stereocenters. The van der Waals surface area contributed by atoms with Crippen LogP contribution in [-0.4, -0.2) is 36.1 Å². The Morgan fingerprint density at radius 3 is 2.86 bits per heavy atom. The van der Waals surface area contributed by atoms with Crippen molar-refractivity contribution < 1.29 is 0 Å². The average molecular weight is 302 g/mol. The number of rotatable bonds is 3. The molecule has 0 spiro atoms. The molecule has 3 nitrogen and oxygen atoms in total. The number of nitrogens with one attached hydrogen (secondary N) is 1. The molecule has 0 amide bonds. The zero-order valence-electron chi connectivity index (χ0n) is 12.0. The van der Waals surface area contributed by atoms with Crippen LogP contribution in [0.2, 0.25) is 5.02 Å². The van der Waals surface area contributed by atoms with Gasteiger partial charge in [0.05, 0.1) is 11.7 Å². The summed E-state index contributed by atoms with van der Waals surface area (Å²) in [6, 6.07) is 14.4. The summed E-state index contributed by atoms with van der Waals surface area (Å²) >= 11 is 6.20. The molecule has 3 rings (SSSR count). The Kier molecular flexibility index (Phi) is 4.86. The minimum atomic E-state index is 0.171. The van der Waals surface area contributed by atoms with E-state index < -0.39 is 0 Å². The maximum absolute atomic E-state index is 6.20. The van der Waals surface area contributed by atoms with Gasteiger partial charge in [-0.25, -0.2) is 0 Å². The highest BCUT2D eigenvalue weighted by molar-refractivity contribution is 6.30. The van der Waals surface area contributed by atoms with Crippen LogP contribution in [0, 0.1) is 0 Å². The summed E-state index contributed by atoms with van der Waals surface area (Å²) in [4.78, 5) is 7.08. The highest BCUT2D eigenvalue weighted by atomic mass is 35.5. The SMILES string of the molecule is Clc1cccc(C(c2ccccn2)N2CCCNCC2)c1. The van der Waals surface area contributed by atoms with Crippen LogP contribution in [0.25, 0.3) is 0 Å². The standard InChI is InChI=1S/C17H20ClN3/c18-15-6-3-5-14(13-15)17(16-7-1-2-9-20-16)21-11-4-8-19-10-12-21/h1-3,5-7,9,13,17,19H,4,8,10-12H2. The van der Waals surface area contributed by atoms with E-state index in [1.54, 1.807) is 0 Å². The fourth-order valence-electron chi connectivity index (χ4n) is 2.91. The molecule has 1 aromatic carbocycles. The van der Waals surface area contributed by atoms with Crippen molar-refractivity contribution in [2.45, 2.75) is 12.5 Å². The second-order valence-corrected chi connectivity index (χ2v) is 5.79. The molecule has 2 heterocycles. The number of hydrogen-bond donors (Lipinski definition) is 1. The molecule has 1 aliphatic heterocycles. The van der Waals surface area contributed by atoms with Gasteiger partial charge in [-0.1, -0.05) is 29.8 Å². The van der Waals surface area contributed by atoms with Crippen LogP contribution in [0.1, 0.15) is 23.7 Å². The molecule has 1 N–H and O–H groups in total. The van der Waals surface area contributed by atoms with Crippen molar-refractivity contribution in [3.05, 3.63) is 64.9 Å². The predicted octanol–water partition coefficient (Wildman–Crippen LogP) is 3.12. The largest absolute Gasteiger partial charge is 0.315 e. The van der Waals surface area contributed by atoms with Crippen molar-refractivity contribution in [3.8, 4) is 0 Å². The lowest BCUT2D eigenvalue weighted by Crippen LogP contribution is -2.33. The first-order valence-electron chi connectivity index (χ1n) is 7.46. The Hall–Kier alpha value is -1.42. The van der Waals surface area contributed by atoms with Crippen molar-refractivity contribution in [2.24, 2.45) is 0 Å². The van der Waals surface area contributed by atoms with Gasteiger partial charge in [0.1, 0.15) is 0 Å². The molecule has 0 bridgehead atoms. The molecule has 2 aromatic rings. The Morgan fingerprint density at radius 1 is 1.10 bits per heavy atom. The highest BCUT2D eigenvalue weighted by Crippen LogP contribution is 2.29. The lowest BCUT2D eigenvalue weighted by Gasteiger charge is -2.30. The second-order valence-electron chi connectivity index (χ2n) is 5.35. The van der Waals surface area contributed by atoms with E-state index in [4.69, 9.17) is 11.6 Å². The number of pyridine rings is 1. The summed E-state index contributed by atoms with van der Waals surface area (Å²) in [7, 11) is 0. The smallest absolute Gasteiger partial charge is 0.0777 e. The molecule has 0 aliphatic carbocycles. The molecule has 0 radical (unpaired) electrons. The maximum atomic E-state index is 6.20. The Balaban J connectivity index is 1.98. The number of aromatic nitrogens is 1. The minimum Gasteiger partial charge on any atom is -0.315 e. The molecule has 1 atom stereocenters. The molecule has 0 saturated carbocycles. The summed E-state index contributed by atoms with van der Waals surface area (Å²) < 4.78 is 0. The fraction of sp³-hybridized carbons (Fsp3) is 0.353. The fourth-order valence-corrected chi connectivity index (χ4v) is 3.11. The van der Waals surface area contributed by atoms with Gasteiger partial charge in [-0.2, -0.15) is 0 Å². The van der Waals surface area contributed by atoms with Crippen LogP contribution in [0.3, 0.4) is 0 Å². The van der Waals surface area contributed by atoms with Crippen LogP contribution < -0.4 is 5.32 Å². The molecule has 1 aromatic heterocycles. The molecule has 4 heteroatoms. The van der Waals surface area contributed by atoms with Crippen molar-refractivity contribution >= 4 is 11.6 Å². The van der Waals surface area contributed by atoms with Gasteiger partial charge in [0.2, 0.25) is 0 Å². The van der Waals surface area contributed by atoms with E-state index in [9.17, 15) is 0 Å². The topological polar surface area (TPSA) is 28.2 Å². The molecular weight excluding hydrogens is 282 g/mol. The quantitative estimate of drug-likeness (QED) is 0.944. The molecule has 1 saturated heterocycles. The summed E-state index contributed by atoms with van der Waals surface area (Å²) in [5.41, 5.74) is 2.30. The summed E-state index contributed by atoms with van der Waals surface area (Å²) in [5.74, 6) is 0.